The second-order valence-electron chi connectivity index (χ2n) is 21.7. The van der Waals surface area contributed by atoms with Crippen LogP contribution in [-0.2, 0) is 32.7 Å². The molecule has 3 heterocycles. The van der Waals surface area contributed by atoms with Gasteiger partial charge in [0.1, 0.15) is 42.8 Å². The Bertz CT molecular complexity index is 3660. The van der Waals surface area contributed by atoms with Gasteiger partial charge in [0, 0.05) is 114 Å². The highest BCUT2D eigenvalue weighted by Gasteiger charge is 2.27. The number of nitro benzene ring substituents is 2. The topological polar surface area (TPSA) is 130 Å². The normalized spacial score (nSPS) is 17.4. The van der Waals surface area contributed by atoms with Crippen molar-refractivity contribution < 1.29 is 24.1 Å². The number of nitrogens with zero attached hydrogens (tertiary/aromatic N) is 7. The smallest absolute Gasteiger partial charge is 0.299 e. The van der Waals surface area contributed by atoms with E-state index in [0.717, 1.165) is 34.3 Å². The number of anilines is 1. The number of para-hydroxylation sites is 3. The lowest BCUT2D eigenvalue weighted by Gasteiger charge is -2.34. The van der Waals surface area contributed by atoms with Gasteiger partial charge in [-0.15, -0.1) is 0 Å². The Balaban J connectivity index is 0.997. The monoisotopic (exact) mass is 1110 g/mol. The Labute approximate surface area is 483 Å². The summed E-state index contributed by atoms with van der Waals surface area (Å²) in [7, 11) is 0. The fourth-order valence-electron chi connectivity index (χ4n) is 12.1. The van der Waals surface area contributed by atoms with E-state index in [1.54, 1.807) is 0 Å². The van der Waals surface area contributed by atoms with Crippen LogP contribution < -0.4 is 19.1 Å². The van der Waals surface area contributed by atoms with E-state index in [1.165, 1.54) is 66.3 Å². The van der Waals surface area contributed by atoms with Crippen LogP contribution in [-0.4, -0.2) is 108 Å². The molecule has 0 saturated carbocycles. The van der Waals surface area contributed by atoms with Crippen molar-refractivity contribution in [1.82, 2.24) is 19.6 Å². The zero-order valence-electron chi connectivity index (χ0n) is 46.6. The zero-order valence-corrected chi connectivity index (χ0v) is 46.6. The highest BCUT2D eigenvalue weighted by molar-refractivity contribution is 6.03. The lowest BCUT2D eigenvalue weighted by molar-refractivity contribution is -0.393. The molecule has 13 rings (SSSR count). The molecule has 0 saturated heterocycles. The van der Waals surface area contributed by atoms with E-state index in [4.69, 9.17) is 14.2 Å². The fourth-order valence-corrected chi connectivity index (χ4v) is 12.1. The van der Waals surface area contributed by atoms with Gasteiger partial charge in [0.05, 0.1) is 15.9 Å². The summed E-state index contributed by atoms with van der Waals surface area (Å²) in [5, 5.41) is 34.8. The maximum Gasteiger partial charge on any atom is 0.299 e. The molecular formula is C69H67N7O7. The van der Waals surface area contributed by atoms with Crippen molar-refractivity contribution in [2.45, 2.75) is 32.7 Å². The van der Waals surface area contributed by atoms with Gasteiger partial charge >= 0.3 is 0 Å². The molecule has 420 valence electrons. The Hall–Kier alpha value is -8.92. The molecule has 0 aromatic heterocycles. The van der Waals surface area contributed by atoms with E-state index >= 15 is 0 Å². The third-order valence-electron chi connectivity index (χ3n) is 16.4. The molecule has 83 heavy (non-hydrogen) atoms. The summed E-state index contributed by atoms with van der Waals surface area (Å²) in [5.41, 5.74) is 5.16. The van der Waals surface area contributed by atoms with Crippen molar-refractivity contribution in [2.75, 3.05) is 83.6 Å². The van der Waals surface area contributed by atoms with Crippen LogP contribution in [0.15, 0.2) is 200 Å². The molecule has 3 aliphatic rings. The predicted molar refractivity (Wildman–Crippen MR) is 331 cm³/mol. The van der Waals surface area contributed by atoms with Gasteiger partial charge in [0.15, 0.2) is 0 Å². The number of benzene rings is 10. The molecular weight excluding hydrogens is 1040 g/mol. The maximum atomic E-state index is 13.0. The lowest BCUT2D eigenvalue weighted by Crippen LogP contribution is -2.43. The van der Waals surface area contributed by atoms with Crippen molar-refractivity contribution in [1.29, 1.82) is 0 Å². The molecule has 0 aliphatic carbocycles. The van der Waals surface area contributed by atoms with E-state index in [1.807, 2.05) is 41.3 Å². The average molecular weight is 1110 g/mol. The first-order valence-electron chi connectivity index (χ1n) is 28.8. The highest BCUT2D eigenvalue weighted by Crippen LogP contribution is 2.36. The molecule has 0 N–H and O–H groups in total. The zero-order chi connectivity index (χ0) is 56.5. The van der Waals surface area contributed by atoms with Gasteiger partial charge in [-0.25, -0.2) is 0 Å². The number of fused-ring (bicyclic) bond motifs is 19. The predicted octanol–water partition coefficient (Wildman–Crippen LogP) is 13.3. The molecule has 0 spiro atoms. The van der Waals surface area contributed by atoms with Crippen LogP contribution in [0.25, 0.3) is 43.1 Å². The van der Waals surface area contributed by atoms with E-state index in [2.05, 4.69) is 165 Å². The molecule has 10 aromatic rings. The quantitative estimate of drug-likeness (QED) is 0.0855. The molecule has 0 radical (unpaired) electrons. The molecule has 0 fully saturated rings. The molecule has 14 heteroatoms. The van der Waals surface area contributed by atoms with Gasteiger partial charge in [-0.3, -0.25) is 39.8 Å². The number of non-ortho nitro benzene ring substituents is 1. The summed E-state index contributed by atoms with van der Waals surface area (Å²) in [6.07, 6.45) is 0. The van der Waals surface area contributed by atoms with Crippen LogP contribution in [0.2, 0.25) is 0 Å². The number of hydrogen-bond donors (Lipinski definition) is 0. The molecule has 3 aliphatic heterocycles. The van der Waals surface area contributed by atoms with Gasteiger partial charge in [-0.1, -0.05) is 152 Å². The van der Waals surface area contributed by atoms with Crippen molar-refractivity contribution in [3.05, 3.63) is 248 Å². The Morgan fingerprint density at radius 2 is 0.747 bits per heavy atom. The third kappa shape index (κ3) is 12.8. The second kappa shape index (κ2) is 25.5. The minimum absolute atomic E-state index is 0.252. The van der Waals surface area contributed by atoms with Crippen molar-refractivity contribution in [2.24, 2.45) is 0 Å². The summed E-state index contributed by atoms with van der Waals surface area (Å²) in [6, 6.07) is 67.8. The number of nitro groups is 2. The molecule has 2 bridgehead atoms. The summed E-state index contributed by atoms with van der Waals surface area (Å²) in [6.45, 7) is 9.27. The molecule has 0 amide bonds. The molecule has 10 aromatic carbocycles. The Morgan fingerprint density at radius 1 is 0.373 bits per heavy atom. The summed E-state index contributed by atoms with van der Waals surface area (Å²) < 4.78 is 20.3. The minimum Gasteiger partial charge on any atom is -0.492 e. The van der Waals surface area contributed by atoms with E-state index in [-0.39, 0.29) is 17.9 Å². The first kappa shape index (κ1) is 54.7. The first-order valence-corrected chi connectivity index (χ1v) is 28.8. The molecule has 14 nitrogen and oxygen atoms in total. The average Bonchev–Trinajstić information content (AvgIpc) is 3.71. The Morgan fingerprint density at radius 3 is 1.17 bits per heavy atom. The minimum atomic E-state index is -0.581. The summed E-state index contributed by atoms with van der Waals surface area (Å²) in [5.74, 6) is 2.34. The van der Waals surface area contributed by atoms with Crippen molar-refractivity contribution in [3.63, 3.8) is 0 Å². The van der Waals surface area contributed by atoms with Crippen molar-refractivity contribution >= 4 is 60.2 Å². The van der Waals surface area contributed by atoms with Crippen LogP contribution in [0.5, 0.6) is 17.2 Å². The largest absolute Gasteiger partial charge is 0.492 e. The van der Waals surface area contributed by atoms with Gasteiger partial charge in [-0.2, -0.15) is 0 Å². The fraction of sp³-hybridized carbons (Fsp3) is 0.246. The van der Waals surface area contributed by atoms with E-state index in [0.29, 0.717) is 116 Å². The lowest BCUT2D eigenvalue weighted by atomic mass is 9.96. The van der Waals surface area contributed by atoms with Gasteiger partial charge in [0.2, 0.25) is 0 Å². The molecule has 0 unspecified atom stereocenters. The highest BCUT2D eigenvalue weighted by atomic mass is 16.6. The number of hydrogen-bond acceptors (Lipinski definition) is 12. The van der Waals surface area contributed by atoms with E-state index in [9.17, 15) is 20.2 Å². The van der Waals surface area contributed by atoms with Crippen LogP contribution >= 0.6 is 0 Å². The van der Waals surface area contributed by atoms with Gasteiger partial charge < -0.3 is 19.1 Å². The number of rotatable bonds is 7. The van der Waals surface area contributed by atoms with Crippen LogP contribution in [0.1, 0.15) is 27.8 Å². The number of ether oxygens (including phenoxy) is 3. The first-order chi connectivity index (χ1) is 40.8. The standard InChI is InChI=1S/C69H67N7O7/c77-75(78)58-29-30-65(66(45-58)76(79)80)74-36-35-70-31-33-72(49-63-59-22-8-1-15-51(59)43-52-16-2-9-23-60(52)63)46-55-19-5-12-26-67(55)81-40-37-71(39-42-83-69-28-14-7-21-57(69)48-74)38-41-82-68-27-13-6-20-56(68)47-73(34-32-70)50-64-61-24-10-3-17-53(61)44-54-18-4-11-25-62(54)64/h1-30,43-45H,31-42,46-50H2. The van der Waals surface area contributed by atoms with Gasteiger partial charge in [0.25, 0.3) is 11.4 Å². The summed E-state index contributed by atoms with van der Waals surface area (Å²) in [4.78, 5) is 36.0. The SMILES string of the molecule is O=[N+]([O-])c1ccc(N2CCN3CCN(Cc4c5ccccc5cc5ccccc45)Cc4ccccc4OCCN(CCOc4ccccc4CN(Cc4c5ccccc5cc5ccccc45)CC3)CCOc3ccccc3C2)c([N+](=O)[O-])c1. The van der Waals surface area contributed by atoms with Gasteiger partial charge in [-0.05, 0) is 90.6 Å². The van der Waals surface area contributed by atoms with Crippen LogP contribution in [0.4, 0.5) is 17.1 Å². The van der Waals surface area contributed by atoms with E-state index < -0.39 is 9.85 Å². The van der Waals surface area contributed by atoms with Crippen LogP contribution in [0.3, 0.4) is 0 Å². The Kier molecular flexibility index (Phi) is 16.8. The van der Waals surface area contributed by atoms with Crippen molar-refractivity contribution in [3.8, 4) is 17.2 Å². The third-order valence-corrected chi connectivity index (χ3v) is 16.4. The van der Waals surface area contributed by atoms with Crippen LogP contribution in [0, 0.1) is 20.2 Å². The maximum absolute atomic E-state index is 13.0. The second-order valence-corrected chi connectivity index (χ2v) is 21.7. The molecule has 0 atom stereocenters. The summed E-state index contributed by atoms with van der Waals surface area (Å²) >= 11 is 0.